The molecule has 1 unspecified atom stereocenters. The highest BCUT2D eigenvalue weighted by Crippen LogP contribution is 2.17. The Hall–Kier alpha value is -2.15. The van der Waals surface area contributed by atoms with Gasteiger partial charge in [0.05, 0.1) is 5.52 Å². The summed E-state index contributed by atoms with van der Waals surface area (Å²) in [4.78, 5) is 30.4. The van der Waals surface area contributed by atoms with E-state index in [1.165, 1.54) is 18.7 Å². The van der Waals surface area contributed by atoms with Crippen LogP contribution in [0.15, 0.2) is 35.6 Å². The minimum Gasteiger partial charge on any atom is -0.480 e. The lowest BCUT2D eigenvalue weighted by Gasteiger charge is -2.11. The molecule has 0 radical (unpaired) electrons. The average molecular weight is 291 g/mol. The Morgan fingerprint density at radius 3 is 2.85 bits per heavy atom. The van der Waals surface area contributed by atoms with Crippen LogP contribution in [0.4, 0.5) is 0 Å². The number of nitrogens with one attached hydrogen (secondary N) is 1. The van der Waals surface area contributed by atoms with Crippen molar-refractivity contribution in [3.63, 3.8) is 0 Å². The van der Waals surface area contributed by atoms with Gasteiger partial charge in [0.2, 0.25) is 5.91 Å². The monoisotopic (exact) mass is 291 g/mol. The first-order valence-corrected chi connectivity index (χ1v) is 6.89. The number of carbonyl (C=O) groups excluding carboxylic acids is 1. The summed E-state index contributed by atoms with van der Waals surface area (Å²) in [5, 5.41) is 12.8. The zero-order valence-electron chi connectivity index (χ0n) is 10.7. The second-order valence-electron chi connectivity index (χ2n) is 4.11. The zero-order valence-corrected chi connectivity index (χ0v) is 11.6. The first-order valence-electron chi connectivity index (χ1n) is 5.91. The Bertz CT molecular complexity index is 648. The maximum Gasteiger partial charge on any atom is 0.327 e. The van der Waals surface area contributed by atoms with Crippen molar-refractivity contribution in [1.82, 2.24) is 15.3 Å². The highest BCUT2D eigenvalue weighted by Gasteiger charge is 2.19. The number of para-hydroxylation sites is 1. The van der Waals surface area contributed by atoms with Crippen LogP contribution in [-0.2, 0) is 9.59 Å². The molecule has 1 atom stereocenters. The Kier molecular flexibility index (Phi) is 4.52. The minimum absolute atomic E-state index is 0.174. The van der Waals surface area contributed by atoms with Crippen LogP contribution in [0.3, 0.4) is 0 Å². The second kappa shape index (κ2) is 6.33. The van der Waals surface area contributed by atoms with Crippen molar-refractivity contribution in [2.45, 2.75) is 18.1 Å². The predicted octanol–water partition coefficient (Wildman–Crippen LogP) is 1.31. The summed E-state index contributed by atoms with van der Waals surface area (Å²) in [5.41, 5.74) is 0.802. The summed E-state index contributed by atoms with van der Waals surface area (Å²) in [6.07, 6.45) is 1.69. The molecule has 2 rings (SSSR count). The van der Waals surface area contributed by atoms with E-state index in [1.54, 1.807) is 6.20 Å². The number of fused-ring (bicyclic) bond motifs is 1. The van der Waals surface area contributed by atoms with E-state index in [0.717, 1.165) is 10.9 Å². The normalized spacial score (nSPS) is 12.1. The van der Waals surface area contributed by atoms with Gasteiger partial charge in [0, 0.05) is 24.3 Å². The molecule has 20 heavy (non-hydrogen) atoms. The van der Waals surface area contributed by atoms with Crippen LogP contribution < -0.4 is 5.32 Å². The summed E-state index contributed by atoms with van der Waals surface area (Å²) < 4.78 is 0. The lowest BCUT2D eigenvalue weighted by Crippen LogP contribution is -2.41. The lowest BCUT2D eigenvalue weighted by molar-refractivity contribution is -0.140. The molecule has 0 fully saturated rings. The third-order valence-electron chi connectivity index (χ3n) is 2.52. The molecule has 7 heteroatoms. The van der Waals surface area contributed by atoms with Gasteiger partial charge in [0.1, 0.15) is 6.04 Å². The lowest BCUT2D eigenvalue weighted by atomic mass is 10.2. The molecule has 0 saturated carbocycles. The summed E-state index contributed by atoms with van der Waals surface area (Å²) in [6, 6.07) is 6.59. The Balaban J connectivity index is 2.07. The van der Waals surface area contributed by atoms with Crippen LogP contribution in [0.2, 0.25) is 0 Å². The van der Waals surface area contributed by atoms with E-state index < -0.39 is 12.0 Å². The van der Waals surface area contributed by atoms with Gasteiger partial charge in [-0.05, 0) is 6.07 Å². The molecule has 0 aliphatic carbocycles. The largest absolute Gasteiger partial charge is 0.480 e. The average Bonchev–Trinajstić information content (AvgIpc) is 2.42. The van der Waals surface area contributed by atoms with Gasteiger partial charge in [0.15, 0.2) is 5.16 Å². The molecular formula is C13H13N3O3S. The number of amides is 1. The van der Waals surface area contributed by atoms with Gasteiger partial charge >= 0.3 is 5.97 Å². The molecule has 104 valence electrons. The number of carboxylic acids is 1. The predicted molar refractivity (Wildman–Crippen MR) is 75.5 cm³/mol. The van der Waals surface area contributed by atoms with Crippen molar-refractivity contribution in [3.05, 3.63) is 30.5 Å². The van der Waals surface area contributed by atoms with E-state index in [0.29, 0.717) is 5.16 Å². The van der Waals surface area contributed by atoms with Gasteiger partial charge in [-0.2, -0.15) is 0 Å². The highest BCUT2D eigenvalue weighted by atomic mass is 32.2. The van der Waals surface area contributed by atoms with E-state index in [9.17, 15) is 9.59 Å². The third kappa shape index (κ3) is 3.67. The van der Waals surface area contributed by atoms with Crippen LogP contribution in [0.25, 0.3) is 10.9 Å². The summed E-state index contributed by atoms with van der Waals surface area (Å²) in [5.74, 6) is -1.28. The van der Waals surface area contributed by atoms with Gasteiger partial charge in [-0.1, -0.05) is 30.0 Å². The van der Waals surface area contributed by atoms with Crippen molar-refractivity contribution in [2.24, 2.45) is 0 Å². The molecule has 1 heterocycles. The van der Waals surface area contributed by atoms with E-state index >= 15 is 0 Å². The number of rotatable bonds is 5. The summed E-state index contributed by atoms with van der Waals surface area (Å²) in [6.45, 7) is 1.28. The molecular weight excluding hydrogens is 278 g/mol. The number of aromatic nitrogens is 2. The van der Waals surface area contributed by atoms with Crippen molar-refractivity contribution in [3.8, 4) is 0 Å². The van der Waals surface area contributed by atoms with Gasteiger partial charge in [-0.15, -0.1) is 0 Å². The van der Waals surface area contributed by atoms with E-state index in [2.05, 4.69) is 15.3 Å². The molecule has 0 spiro atoms. The van der Waals surface area contributed by atoms with Crippen LogP contribution >= 0.6 is 11.8 Å². The number of nitrogens with zero attached hydrogens (tertiary/aromatic N) is 2. The molecule has 0 aliphatic heterocycles. The summed E-state index contributed by atoms with van der Waals surface area (Å²) >= 11 is 1.20. The van der Waals surface area contributed by atoms with Crippen LogP contribution in [0.1, 0.15) is 6.92 Å². The number of carboxylic acid groups (broad SMARTS) is 1. The van der Waals surface area contributed by atoms with Gasteiger partial charge < -0.3 is 10.4 Å². The maximum absolute atomic E-state index is 11.0. The van der Waals surface area contributed by atoms with Crippen molar-refractivity contribution in [1.29, 1.82) is 0 Å². The molecule has 0 bridgehead atoms. The zero-order chi connectivity index (χ0) is 14.5. The number of hydrogen-bond acceptors (Lipinski definition) is 5. The van der Waals surface area contributed by atoms with Gasteiger partial charge in [-0.25, -0.2) is 14.8 Å². The number of aliphatic carboxylic acids is 1. The van der Waals surface area contributed by atoms with E-state index in [4.69, 9.17) is 5.11 Å². The fourth-order valence-corrected chi connectivity index (χ4v) is 2.43. The fourth-order valence-electron chi connectivity index (χ4n) is 1.60. The standard InChI is InChI=1S/C13H13N3O3S/c1-8(17)15-11(12(18)19)7-20-13-14-6-9-4-2-3-5-10(9)16-13/h2-6,11H,7H2,1H3,(H,15,17)(H,18,19). The van der Waals surface area contributed by atoms with E-state index in [1.807, 2.05) is 24.3 Å². The first kappa shape index (κ1) is 14.3. The molecule has 1 aromatic heterocycles. The second-order valence-corrected chi connectivity index (χ2v) is 5.10. The summed E-state index contributed by atoms with van der Waals surface area (Å²) in [7, 11) is 0. The minimum atomic E-state index is -1.08. The smallest absolute Gasteiger partial charge is 0.327 e. The Labute approximate surface area is 119 Å². The number of carbonyl (C=O) groups is 2. The Morgan fingerprint density at radius 1 is 1.40 bits per heavy atom. The van der Waals surface area contributed by atoms with Crippen molar-refractivity contribution >= 4 is 34.5 Å². The van der Waals surface area contributed by atoms with E-state index in [-0.39, 0.29) is 11.7 Å². The highest BCUT2D eigenvalue weighted by molar-refractivity contribution is 7.99. The quantitative estimate of drug-likeness (QED) is 0.637. The van der Waals surface area contributed by atoms with Crippen LogP contribution in [0, 0.1) is 0 Å². The molecule has 6 nitrogen and oxygen atoms in total. The SMILES string of the molecule is CC(=O)NC(CSc1ncc2ccccc2n1)C(=O)O. The molecule has 2 N–H and O–H groups in total. The molecule has 0 aliphatic rings. The maximum atomic E-state index is 11.0. The number of thioether (sulfide) groups is 1. The first-order chi connectivity index (χ1) is 9.56. The third-order valence-corrected chi connectivity index (χ3v) is 3.48. The van der Waals surface area contributed by atoms with Crippen LogP contribution in [-0.4, -0.2) is 38.7 Å². The Morgan fingerprint density at radius 2 is 2.15 bits per heavy atom. The molecule has 0 saturated heterocycles. The van der Waals surface area contributed by atoms with Gasteiger partial charge in [0.25, 0.3) is 0 Å². The fraction of sp³-hybridized carbons (Fsp3) is 0.231. The topological polar surface area (TPSA) is 92.2 Å². The van der Waals surface area contributed by atoms with Crippen LogP contribution in [0.5, 0.6) is 0 Å². The molecule has 1 amide bonds. The van der Waals surface area contributed by atoms with Crippen molar-refractivity contribution in [2.75, 3.05) is 5.75 Å². The molecule has 1 aromatic carbocycles. The number of benzene rings is 1. The van der Waals surface area contributed by atoms with Gasteiger partial charge in [-0.3, -0.25) is 4.79 Å². The van der Waals surface area contributed by atoms with Crippen molar-refractivity contribution < 1.29 is 14.7 Å². The molecule has 2 aromatic rings. The number of hydrogen-bond donors (Lipinski definition) is 2.